The van der Waals surface area contributed by atoms with Crippen LogP contribution in [-0.4, -0.2) is 35.8 Å². The molecule has 3 heterocycles. The Morgan fingerprint density at radius 3 is 2.61 bits per heavy atom. The van der Waals surface area contributed by atoms with Gasteiger partial charge in [0.1, 0.15) is 10.7 Å². The van der Waals surface area contributed by atoms with Gasteiger partial charge in [-0.05, 0) is 48.7 Å². The van der Waals surface area contributed by atoms with E-state index in [9.17, 15) is 12.8 Å². The van der Waals surface area contributed by atoms with Gasteiger partial charge in [0.2, 0.25) is 10.0 Å². The molecule has 0 atom stereocenters. The lowest BCUT2D eigenvalue weighted by molar-refractivity contribution is 0.346. The zero-order valence-electron chi connectivity index (χ0n) is 15.2. The number of thioether (sulfide) groups is 1. The normalized spacial score (nSPS) is 15.8. The number of hydrogen-bond acceptors (Lipinski definition) is 5. The number of rotatable bonds is 5. The Bertz CT molecular complexity index is 1080. The first-order valence-electron chi connectivity index (χ1n) is 9.17. The van der Waals surface area contributed by atoms with Gasteiger partial charge in [-0.15, -0.1) is 11.8 Å². The fourth-order valence-electron chi connectivity index (χ4n) is 3.32. The molecule has 4 rings (SSSR count). The minimum atomic E-state index is -3.47. The summed E-state index contributed by atoms with van der Waals surface area (Å²) in [4.78, 5) is 8.84. The van der Waals surface area contributed by atoms with E-state index in [2.05, 4.69) is 9.97 Å². The second-order valence-electron chi connectivity index (χ2n) is 6.69. The number of sulfonamides is 1. The standard InChI is InChI=1S/C20H20FN3O2S2/c21-18-8-6-15(20-17(18)5-4-10-22-20)14-27-19-9-7-16(13-23-19)28(25,26)24-11-2-1-3-12-24/h4-10,13H,1-3,11-12,14H2. The summed E-state index contributed by atoms with van der Waals surface area (Å²) in [6, 6.07) is 9.94. The molecule has 0 radical (unpaired) electrons. The molecule has 1 aromatic carbocycles. The first-order chi connectivity index (χ1) is 13.6. The zero-order chi connectivity index (χ0) is 19.6. The lowest BCUT2D eigenvalue weighted by Gasteiger charge is -2.25. The average Bonchev–Trinajstić information content (AvgIpc) is 2.74. The van der Waals surface area contributed by atoms with Crippen molar-refractivity contribution < 1.29 is 12.8 Å². The van der Waals surface area contributed by atoms with Gasteiger partial charge in [-0.3, -0.25) is 4.98 Å². The van der Waals surface area contributed by atoms with E-state index in [0.29, 0.717) is 34.8 Å². The Morgan fingerprint density at radius 1 is 1.04 bits per heavy atom. The molecule has 146 valence electrons. The third-order valence-corrected chi connectivity index (χ3v) is 7.71. The Hall–Kier alpha value is -2.03. The molecule has 5 nitrogen and oxygen atoms in total. The highest BCUT2D eigenvalue weighted by molar-refractivity contribution is 7.98. The molecule has 0 spiro atoms. The van der Waals surface area contributed by atoms with Crippen molar-refractivity contribution in [1.29, 1.82) is 0 Å². The molecule has 1 fully saturated rings. The van der Waals surface area contributed by atoms with Gasteiger partial charge in [0.15, 0.2) is 0 Å². The molecule has 1 aliphatic heterocycles. The van der Waals surface area contributed by atoms with E-state index in [1.54, 1.807) is 36.5 Å². The molecular formula is C20H20FN3O2S2. The van der Waals surface area contributed by atoms with Crippen LogP contribution in [0.2, 0.25) is 0 Å². The van der Waals surface area contributed by atoms with Crippen molar-refractivity contribution in [2.45, 2.75) is 34.9 Å². The Kier molecular flexibility index (Phi) is 5.61. The van der Waals surface area contributed by atoms with Crippen molar-refractivity contribution in [2.75, 3.05) is 13.1 Å². The Labute approximate surface area is 168 Å². The molecule has 0 bridgehead atoms. The fourth-order valence-corrected chi connectivity index (χ4v) is 5.61. The molecule has 2 aromatic heterocycles. The molecule has 0 amide bonds. The predicted octanol–water partition coefficient (Wildman–Crippen LogP) is 4.24. The van der Waals surface area contributed by atoms with Crippen LogP contribution >= 0.6 is 11.8 Å². The second-order valence-corrected chi connectivity index (χ2v) is 9.63. The van der Waals surface area contributed by atoms with Gasteiger partial charge in [-0.2, -0.15) is 4.31 Å². The van der Waals surface area contributed by atoms with E-state index in [4.69, 9.17) is 0 Å². The minimum absolute atomic E-state index is 0.229. The first kappa shape index (κ1) is 19.3. The lowest BCUT2D eigenvalue weighted by atomic mass is 10.1. The molecule has 1 saturated heterocycles. The second kappa shape index (κ2) is 8.14. The van der Waals surface area contributed by atoms with Crippen LogP contribution in [0.15, 0.2) is 58.7 Å². The van der Waals surface area contributed by atoms with Gasteiger partial charge >= 0.3 is 0 Å². The van der Waals surface area contributed by atoms with E-state index in [1.807, 2.05) is 0 Å². The summed E-state index contributed by atoms with van der Waals surface area (Å²) in [6.07, 6.45) is 5.95. The molecule has 3 aromatic rings. The molecule has 0 N–H and O–H groups in total. The van der Waals surface area contributed by atoms with Gasteiger partial charge in [-0.1, -0.05) is 12.5 Å². The number of hydrogen-bond donors (Lipinski definition) is 0. The lowest BCUT2D eigenvalue weighted by Crippen LogP contribution is -2.35. The van der Waals surface area contributed by atoms with Crippen LogP contribution in [0.1, 0.15) is 24.8 Å². The smallest absolute Gasteiger partial charge is 0.244 e. The van der Waals surface area contributed by atoms with E-state index >= 15 is 0 Å². The Morgan fingerprint density at radius 2 is 1.86 bits per heavy atom. The summed E-state index contributed by atoms with van der Waals surface area (Å²) < 4.78 is 40.8. The third kappa shape index (κ3) is 3.90. The van der Waals surface area contributed by atoms with Crippen molar-refractivity contribution in [3.8, 4) is 0 Å². The van der Waals surface area contributed by atoms with E-state index in [-0.39, 0.29) is 10.7 Å². The SMILES string of the molecule is O=S(=O)(c1ccc(SCc2ccc(F)c3cccnc23)nc1)N1CCCCC1. The molecule has 0 saturated carbocycles. The van der Waals surface area contributed by atoms with Crippen molar-refractivity contribution in [2.24, 2.45) is 0 Å². The number of halogens is 1. The summed E-state index contributed by atoms with van der Waals surface area (Å²) in [7, 11) is -3.47. The monoisotopic (exact) mass is 417 g/mol. The maximum Gasteiger partial charge on any atom is 0.244 e. The quantitative estimate of drug-likeness (QED) is 0.581. The summed E-state index contributed by atoms with van der Waals surface area (Å²) in [5, 5.41) is 1.21. The van der Waals surface area contributed by atoms with Crippen LogP contribution in [0.3, 0.4) is 0 Å². The molecule has 0 aliphatic carbocycles. The maximum absolute atomic E-state index is 13.9. The number of aromatic nitrogens is 2. The highest BCUT2D eigenvalue weighted by Gasteiger charge is 2.26. The largest absolute Gasteiger partial charge is 0.256 e. The Balaban J connectivity index is 1.49. The van der Waals surface area contributed by atoms with Crippen molar-refractivity contribution >= 4 is 32.7 Å². The summed E-state index contributed by atoms with van der Waals surface area (Å²) in [5.74, 6) is 0.279. The van der Waals surface area contributed by atoms with E-state index in [1.165, 1.54) is 28.3 Å². The molecular weight excluding hydrogens is 397 g/mol. The number of piperidine rings is 1. The maximum atomic E-state index is 13.9. The van der Waals surface area contributed by atoms with Gasteiger partial charge in [-0.25, -0.2) is 17.8 Å². The minimum Gasteiger partial charge on any atom is -0.256 e. The predicted molar refractivity (Wildman–Crippen MR) is 108 cm³/mol. The fraction of sp³-hybridized carbons (Fsp3) is 0.300. The number of fused-ring (bicyclic) bond motifs is 1. The van der Waals surface area contributed by atoms with Gasteiger partial charge < -0.3 is 0 Å². The van der Waals surface area contributed by atoms with Crippen molar-refractivity contribution in [3.63, 3.8) is 0 Å². The van der Waals surface area contributed by atoms with E-state index < -0.39 is 10.0 Å². The molecule has 1 aliphatic rings. The highest BCUT2D eigenvalue weighted by Crippen LogP contribution is 2.28. The number of benzene rings is 1. The van der Waals surface area contributed by atoms with Crippen molar-refractivity contribution in [1.82, 2.24) is 14.3 Å². The van der Waals surface area contributed by atoms with Crippen LogP contribution in [0.25, 0.3) is 10.9 Å². The van der Waals surface area contributed by atoms with Crippen LogP contribution in [0.5, 0.6) is 0 Å². The summed E-state index contributed by atoms with van der Waals surface area (Å²) >= 11 is 1.47. The molecule has 8 heteroatoms. The zero-order valence-corrected chi connectivity index (χ0v) is 16.8. The summed E-state index contributed by atoms with van der Waals surface area (Å²) in [6.45, 7) is 1.15. The molecule has 28 heavy (non-hydrogen) atoms. The highest BCUT2D eigenvalue weighted by atomic mass is 32.2. The van der Waals surface area contributed by atoms with Crippen LogP contribution in [0.4, 0.5) is 4.39 Å². The van der Waals surface area contributed by atoms with Gasteiger partial charge in [0.05, 0.1) is 10.5 Å². The van der Waals surface area contributed by atoms with Crippen LogP contribution < -0.4 is 0 Å². The van der Waals surface area contributed by atoms with Crippen LogP contribution in [0, 0.1) is 5.82 Å². The van der Waals surface area contributed by atoms with Gasteiger partial charge in [0, 0.05) is 36.6 Å². The first-order valence-corrected chi connectivity index (χ1v) is 11.6. The average molecular weight is 418 g/mol. The topological polar surface area (TPSA) is 63.2 Å². The third-order valence-electron chi connectivity index (χ3n) is 4.84. The van der Waals surface area contributed by atoms with E-state index in [0.717, 1.165) is 24.8 Å². The number of pyridine rings is 2. The molecule has 0 unspecified atom stereocenters. The van der Waals surface area contributed by atoms with Crippen molar-refractivity contribution in [3.05, 3.63) is 60.2 Å². The number of nitrogens with zero attached hydrogens (tertiary/aromatic N) is 3. The van der Waals surface area contributed by atoms with Gasteiger partial charge in [0.25, 0.3) is 0 Å². The van der Waals surface area contributed by atoms with Crippen LogP contribution in [-0.2, 0) is 15.8 Å². The summed E-state index contributed by atoms with van der Waals surface area (Å²) in [5.41, 5.74) is 1.55.